The Morgan fingerprint density at radius 2 is 1.93 bits per heavy atom. The molecule has 0 saturated carbocycles. The molecule has 0 radical (unpaired) electrons. The number of benzene rings is 1. The van der Waals surface area contributed by atoms with Crippen molar-refractivity contribution in [1.29, 1.82) is 0 Å². The fraction of sp³-hybridized carbons (Fsp3) is 0.0909. The van der Waals surface area contributed by atoms with Gasteiger partial charge in [0.1, 0.15) is 11.5 Å². The van der Waals surface area contributed by atoms with Crippen molar-refractivity contribution in [2.75, 3.05) is 0 Å². The van der Waals surface area contributed by atoms with Gasteiger partial charge in [-0.3, -0.25) is 0 Å². The molecular weight excluding hydrogens is 196 g/mol. The van der Waals surface area contributed by atoms with Crippen molar-refractivity contribution in [3.63, 3.8) is 0 Å². The van der Waals surface area contributed by atoms with E-state index in [1.165, 1.54) is 11.9 Å². The maximum Gasteiger partial charge on any atom is 0.135 e. The SMILES string of the molecule is Clc1ncncc1Cc1ccccc1. The van der Waals surface area contributed by atoms with Crippen LogP contribution in [-0.4, -0.2) is 9.97 Å². The zero-order chi connectivity index (χ0) is 9.80. The van der Waals surface area contributed by atoms with E-state index >= 15 is 0 Å². The molecule has 2 rings (SSSR count). The Morgan fingerprint density at radius 3 is 2.64 bits per heavy atom. The molecule has 0 saturated heterocycles. The van der Waals surface area contributed by atoms with Gasteiger partial charge < -0.3 is 0 Å². The van der Waals surface area contributed by atoms with Gasteiger partial charge in [-0.1, -0.05) is 41.9 Å². The number of halogens is 1. The van der Waals surface area contributed by atoms with E-state index in [0.717, 1.165) is 12.0 Å². The first kappa shape index (κ1) is 9.16. The van der Waals surface area contributed by atoms with Gasteiger partial charge in [0.2, 0.25) is 0 Å². The summed E-state index contributed by atoms with van der Waals surface area (Å²) in [6, 6.07) is 10.1. The lowest BCUT2D eigenvalue weighted by atomic mass is 10.1. The normalized spacial score (nSPS) is 10.1. The molecular formula is C11H9ClN2. The van der Waals surface area contributed by atoms with Crippen LogP contribution < -0.4 is 0 Å². The summed E-state index contributed by atoms with van der Waals surface area (Å²) >= 11 is 5.92. The molecule has 0 fully saturated rings. The van der Waals surface area contributed by atoms with Gasteiger partial charge in [0.15, 0.2) is 0 Å². The first-order chi connectivity index (χ1) is 6.86. The molecule has 0 amide bonds. The third-order valence-corrected chi connectivity index (χ3v) is 2.31. The van der Waals surface area contributed by atoms with E-state index in [9.17, 15) is 0 Å². The van der Waals surface area contributed by atoms with Crippen molar-refractivity contribution in [3.8, 4) is 0 Å². The second-order valence-corrected chi connectivity index (χ2v) is 3.36. The summed E-state index contributed by atoms with van der Waals surface area (Å²) in [5.74, 6) is 0. The standard InChI is InChI=1S/C11H9ClN2/c12-11-10(7-13-8-14-11)6-9-4-2-1-3-5-9/h1-5,7-8H,6H2. The number of aromatic nitrogens is 2. The highest BCUT2D eigenvalue weighted by Gasteiger charge is 2.01. The van der Waals surface area contributed by atoms with Crippen LogP contribution in [0.4, 0.5) is 0 Å². The number of hydrogen-bond donors (Lipinski definition) is 0. The van der Waals surface area contributed by atoms with Crippen LogP contribution in [0, 0.1) is 0 Å². The van der Waals surface area contributed by atoms with Crippen LogP contribution in [0.5, 0.6) is 0 Å². The molecule has 2 nitrogen and oxygen atoms in total. The monoisotopic (exact) mass is 204 g/mol. The predicted octanol–water partition coefficient (Wildman–Crippen LogP) is 2.72. The van der Waals surface area contributed by atoms with Gasteiger partial charge in [-0.15, -0.1) is 0 Å². The van der Waals surface area contributed by atoms with E-state index < -0.39 is 0 Å². The average molecular weight is 205 g/mol. The predicted molar refractivity (Wildman–Crippen MR) is 56.3 cm³/mol. The minimum absolute atomic E-state index is 0.531. The van der Waals surface area contributed by atoms with E-state index in [1.54, 1.807) is 6.20 Å². The van der Waals surface area contributed by atoms with Gasteiger partial charge in [-0.05, 0) is 5.56 Å². The lowest BCUT2D eigenvalue weighted by Crippen LogP contribution is -1.92. The lowest BCUT2D eigenvalue weighted by Gasteiger charge is -2.01. The fourth-order valence-corrected chi connectivity index (χ4v) is 1.44. The second-order valence-electron chi connectivity index (χ2n) is 3.00. The number of hydrogen-bond acceptors (Lipinski definition) is 2. The van der Waals surface area contributed by atoms with E-state index in [0.29, 0.717) is 5.15 Å². The van der Waals surface area contributed by atoms with Crippen LogP contribution in [0.3, 0.4) is 0 Å². The van der Waals surface area contributed by atoms with Crippen LogP contribution in [0.1, 0.15) is 11.1 Å². The molecule has 3 heteroatoms. The van der Waals surface area contributed by atoms with Gasteiger partial charge >= 0.3 is 0 Å². The summed E-state index contributed by atoms with van der Waals surface area (Å²) in [5, 5.41) is 0.531. The third-order valence-electron chi connectivity index (χ3n) is 1.97. The molecule has 0 atom stereocenters. The third kappa shape index (κ3) is 2.09. The number of rotatable bonds is 2. The number of nitrogens with zero attached hydrogens (tertiary/aromatic N) is 2. The Labute approximate surface area is 87.6 Å². The second kappa shape index (κ2) is 4.20. The molecule has 14 heavy (non-hydrogen) atoms. The molecule has 1 aromatic carbocycles. The smallest absolute Gasteiger partial charge is 0.135 e. The molecule has 1 heterocycles. The van der Waals surface area contributed by atoms with Crippen molar-refractivity contribution >= 4 is 11.6 Å². The summed E-state index contributed by atoms with van der Waals surface area (Å²) in [7, 11) is 0. The van der Waals surface area contributed by atoms with Crippen molar-refractivity contribution in [2.24, 2.45) is 0 Å². The summed E-state index contributed by atoms with van der Waals surface area (Å²) in [5.41, 5.74) is 2.17. The minimum atomic E-state index is 0.531. The summed E-state index contributed by atoms with van der Waals surface area (Å²) in [4.78, 5) is 7.88. The Morgan fingerprint density at radius 1 is 1.14 bits per heavy atom. The summed E-state index contributed by atoms with van der Waals surface area (Å²) < 4.78 is 0. The fourth-order valence-electron chi connectivity index (χ4n) is 1.28. The zero-order valence-electron chi connectivity index (χ0n) is 7.52. The van der Waals surface area contributed by atoms with Crippen LogP contribution in [0.15, 0.2) is 42.9 Å². The van der Waals surface area contributed by atoms with Gasteiger partial charge in [0.25, 0.3) is 0 Å². The maximum atomic E-state index is 5.92. The molecule has 0 aliphatic carbocycles. The first-order valence-electron chi connectivity index (χ1n) is 4.34. The van der Waals surface area contributed by atoms with Crippen LogP contribution in [-0.2, 0) is 6.42 Å². The summed E-state index contributed by atoms with van der Waals surface area (Å²) in [6.45, 7) is 0. The molecule has 0 N–H and O–H groups in total. The first-order valence-corrected chi connectivity index (χ1v) is 4.72. The average Bonchev–Trinajstić information content (AvgIpc) is 2.23. The Kier molecular flexibility index (Phi) is 2.75. The van der Waals surface area contributed by atoms with Gasteiger partial charge in [-0.25, -0.2) is 9.97 Å². The maximum absolute atomic E-state index is 5.92. The lowest BCUT2D eigenvalue weighted by molar-refractivity contribution is 1.07. The highest BCUT2D eigenvalue weighted by atomic mass is 35.5. The molecule has 0 aliphatic rings. The molecule has 0 bridgehead atoms. The van der Waals surface area contributed by atoms with Crippen LogP contribution >= 0.6 is 11.6 Å². The van der Waals surface area contributed by atoms with Gasteiger partial charge in [0.05, 0.1) is 0 Å². The molecule has 70 valence electrons. The Hall–Kier alpha value is -1.41. The van der Waals surface area contributed by atoms with E-state index in [-0.39, 0.29) is 0 Å². The molecule has 2 aromatic rings. The molecule has 0 aliphatic heterocycles. The Bertz CT molecular complexity index is 415. The molecule has 1 aromatic heterocycles. The van der Waals surface area contributed by atoms with E-state index in [2.05, 4.69) is 22.1 Å². The van der Waals surface area contributed by atoms with Crippen molar-refractivity contribution < 1.29 is 0 Å². The van der Waals surface area contributed by atoms with Crippen LogP contribution in [0.25, 0.3) is 0 Å². The molecule has 0 unspecified atom stereocenters. The van der Waals surface area contributed by atoms with E-state index in [1.807, 2.05) is 18.2 Å². The van der Waals surface area contributed by atoms with Crippen molar-refractivity contribution in [2.45, 2.75) is 6.42 Å². The van der Waals surface area contributed by atoms with Crippen molar-refractivity contribution in [1.82, 2.24) is 9.97 Å². The van der Waals surface area contributed by atoms with Crippen molar-refractivity contribution in [3.05, 3.63) is 59.1 Å². The highest BCUT2D eigenvalue weighted by Crippen LogP contribution is 2.14. The van der Waals surface area contributed by atoms with Gasteiger partial charge in [-0.2, -0.15) is 0 Å². The Balaban J connectivity index is 2.24. The topological polar surface area (TPSA) is 25.8 Å². The van der Waals surface area contributed by atoms with Gasteiger partial charge in [0, 0.05) is 18.2 Å². The largest absolute Gasteiger partial charge is 0.244 e. The van der Waals surface area contributed by atoms with E-state index in [4.69, 9.17) is 11.6 Å². The summed E-state index contributed by atoms with van der Waals surface area (Å²) in [6.07, 6.45) is 3.99. The molecule has 0 spiro atoms. The van der Waals surface area contributed by atoms with Crippen LogP contribution in [0.2, 0.25) is 5.15 Å². The minimum Gasteiger partial charge on any atom is -0.244 e. The zero-order valence-corrected chi connectivity index (χ0v) is 8.28. The highest BCUT2D eigenvalue weighted by molar-refractivity contribution is 6.30. The quantitative estimate of drug-likeness (QED) is 0.703.